The summed E-state index contributed by atoms with van der Waals surface area (Å²) in [6, 6.07) is 14.0. The molecule has 2 aromatic rings. The van der Waals surface area contributed by atoms with Gasteiger partial charge in [0.05, 0.1) is 12.8 Å². The van der Waals surface area contributed by atoms with Crippen LogP contribution in [0.15, 0.2) is 53.6 Å². The van der Waals surface area contributed by atoms with E-state index in [1.165, 1.54) is 0 Å². The molecule has 0 saturated heterocycles. The molecule has 0 aromatic heterocycles. The zero-order valence-electron chi connectivity index (χ0n) is 14.3. The van der Waals surface area contributed by atoms with E-state index in [0.29, 0.717) is 24.3 Å². The summed E-state index contributed by atoms with van der Waals surface area (Å²) in [6.45, 7) is 4.32. The van der Waals surface area contributed by atoms with Gasteiger partial charge in [-0.05, 0) is 61.0 Å². The Kier molecular flexibility index (Phi) is 6.71. The van der Waals surface area contributed by atoms with Gasteiger partial charge in [0.15, 0.2) is 0 Å². The molecule has 0 unspecified atom stereocenters. The van der Waals surface area contributed by atoms with Gasteiger partial charge < -0.3 is 10.1 Å². The van der Waals surface area contributed by atoms with Gasteiger partial charge >= 0.3 is 0 Å². The van der Waals surface area contributed by atoms with Crippen LogP contribution in [0.5, 0.6) is 5.75 Å². The number of benzene rings is 2. The van der Waals surface area contributed by atoms with Crippen molar-refractivity contribution in [1.82, 2.24) is 5.43 Å². The number of hydrogen-bond acceptors (Lipinski definition) is 4. The van der Waals surface area contributed by atoms with Gasteiger partial charge in [-0.15, -0.1) is 0 Å². The summed E-state index contributed by atoms with van der Waals surface area (Å²) in [7, 11) is 0. The SMILES string of the molecule is CCOc1ccc(C=NNC(=O)c2ccc(NC(=O)CC)cc2)cc1. The number of carbonyl (C=O) groups excluding carboxylic acids is 2. The smallest absolute Gasteiger partial charge is 0.271 e. The molecule has 2 N–H and O–H groups in total. The van der Waals surface area contributed by atoms with Crippen LogP contribution in [0, 0.1) is 0 Å². The molecule has 0 aliphatic rings. The molecule has 2 amide bonds. The van der Waals surface area contributed by atoms with Crippen LogP contribution in [0.25, 0.3) is 0 Å². The quantitative estimate of drug-likeness (QED) is 0.600. The highest BCUT2D eigenvalue weighted by Crippen LogP contribution is 2.11. The number of hydrogen-bond donors (Lipinski definition) is 2. The first-order valence-electron chi connectivity index (χ1n) is 8.08. The average molecular weight is 339 g/mol. The number of ether oxygens (including phenoxy) is 1. The lowest BCUT2D eigenvalue weighted by Crippen LogP contribution is -2.17. The van der Waals surface area contributed by atoms with Gasteiger partial charge in [0.1, 0.15) is 5.75 Å². The van der Waals surface area contributed by atoms with Crippen LogP contribution in [0.1, 0.15) is 36.2 Å². The highest BCUT2D eigenvalue weighted by molar-refractivity contribution is 5.96. The number of nitrogens with one attached hydrogen (secondary N) is 2. The fourth-order valence-electron chi connectivity index (χ4n) is 2.00. The van der Waals surface area contributed by atoms with Gasteiger partial charge in [-0.25, -0.2) is 5.43 Å². The second-order valence-electron chi connectivity index (χ2n) is 5.18. The predicted molar refractivity (Wildman–Crippen MR) is 98.0 cm³/mol. The molecule has 2 rings (SSSR count). The maximum atomic E-state index is 12.0. The minimum Gasteiger partial charge on any atom is -0.494 e. The first-order valence-corrected chi connectivity index (χ1v) is 8.08. The molecule has 0 radical (unpaired) electrons. The van der Waals surface area contributed by atoms with E-state index in [9.17, 15) is 9.59 Å². The minimum atomic E-state index is -0.324. The Morgan fingerprint density at radius 3 is 2.32 bits per heavy atom. The summed E-state index contributed by atoms with van der Waals surface area (Å²) in [5, 5.41) is 6.67. The molecule has 6 nitrogen and oxygen atoms in total. The van der Waals surface area contributed by atoms with Gasteiger partial charge in [-0.3, -0.25) is 9.59 Å². The van der Waals surface area contributed by atoms with Crippen molar-refractivity contribution in [3.05, 3.63) is 59.7 Å². The molecular formula is C19H21N3O3. The van der Waals surface area contributed by atoms with Crippen LogP contribution in [-0.2, 0) is 4.79 Å². The third-order valence-corrected chi connectivity index (χ3v) is 3.32. The third kappa shape index (κ3) is 5.76. The molecule has 2 aromatic carbocycles. The van der Waals surface area contributed by atoms with Crippen LogP contribution < -0.4 is 15.5 Å². The number of nitrogens with zero attached hydrogens (tertiary/aromatic N) is 1. The van der Waals surface area contributed by atoms with Crippen LogP contribution in [0.2, 0.25) is 0 Å². The Balaban J connectivity index is 1.89. The van der Waals surface area contributed by atoms with Crippen molar-refractivity contribution in [3.8, 4) is 5.75 Å². The fourth-order valence-corrected chi connectivity index (χ4v) is 2.00. The van der Waals surface area contributed by atoms with Gasteiger partial charge in [-0.1, -0.05) is 6.92 Å². The number of rotatable bonds is 7. The number of carbonyl (C=O) groups is 2. The van der Waals surface area contributed by atoms with E-state index in [-0.39, 0.29) is 11.8 Å². The van der Waals surface area contributed by atoms with Crippen LogP contribution >= 0.6 is 0 Å². The molecule has 0 heterocycles. The lowest BCUT2D eigenvalue weighted by atomic mass is 10.2. The first-order chi connectivity index (χ1) is 12.1. The van der Waals surface area contributed by atoms with Crippen molar-refractivity contribution in [3.63, 3.8) is 0 Å². The lowest BCUT2D eigenvalue weighted by molar-refractivity contribution is -0.115. The van der Waals surface area contributed by atoms with E-state index in [0.717, 1.165) is 11.3 Å². The van der Waals surface area contributed by atoms with Crippen molar-refractivity contribution in [1.29, 1.82) is 0 Å². The molecule has 25 heavy (non-hydrogen) atoms. The molecule has 130 valence electrons. The Labute approximate surface area is 146 Å². The average Bonchev–Trinajstić information content (AvgIpc) is 2.64. The predicted octanol–water partition coefficient (Wildman–Crippen LogP) is 3.20. The Hall–Kier alpha value is -3.15. The molecule has 0 aliphatic carbocycles. The molecular weight excluding hydrogens is 318 g/mol. The Morgan fingerprint density at radius 1 is 1.04 bits per heavy atom. The highest BCUT2D eigenvalue weighted by atomic mass is 16.5. The zero-order chi connectivity index (χ0) is 18.1. The summed E-state index contributed by atoms with van der Waals surface area (Å²) in [6.07, 6.45) is 1.96. The zero-order valence-corrected chi connectivity index (χ0v) is 14.3. The van der Waals surface area contributed by atoms with Crippen LogP contribution in [0.3, 0.4) is 0 Å². The molecule has 0 saturated carbocycles. The van der Waals surface area contributed by atoms with E-state index < -0.39 is 0 Å². The van der Waals surface area contributed by atoms with Gasteiger partial charge in [-0.2, -0.15) is 5.10 Å². The summed E-state index contributed by atoms with van der Waals surface area (Å²) >= 11 is 0. The maximum absolute atomic E-state index is 12.0. The van der Waals surface area contributed by atoms with Crippen molar-refractivity contribution >= 4 is 23.7 Å². The largest absolute Gasteiger partial charge is 0.494 e. The maximum Gasteiger partial charge on any atom is 0.271 e. The van der Waals surface area contributed by atoms with Crippen molar-refractivity contribution in [2.24, 2.45) is 5.10 Å². The van der Waals surface area contributed by atoms with Gasteiger partial charge in [0.2, 0.25) is 5.91 Å². The van der Waals surface area contributed by atoms with E-state index in [1.807, 2.05) is 31.2 Å². The van der Waals surface area contributed by atoms with Gasteiger partial charge in [0, 0.05) is 17.7 Å². The summed E-state index contributed by atoms with van der Waals surface area (Å²) < 4.78 is 5.36. The highest BCUT2D eigenvalue weighted by Gasteiger charge is 2.05. The second kappa shape index (κ2) is 9.22. The topological polar surface area (TPSA) is 79.8 Å². The van der Waals surface area contributed by atoms with Crippen LogP contribution in [-0.4, -0.2) is 24.6 Å². The fraction of sp³-hybridized carbons (Fsp3) is 0.211. The number of hydrazone groups is 1. The van der Waals surface area contributed by atoms with E-state index in [4.69, 9.17) is 4.74 Å². The van der Waals surface area contributed by atoms with E-state index in [1.54, 1.807) is 37.4 Å². The monoisotopic (exact) mass is 339 g/mol. The molecule has 6 heteroatoms. The molecule has 0 bridgehead atoms. The lowest BCUT2D eigenvalue weighted by Gasteiger charge is -2.05. The van der Waals surface area contributed by atoms with E-state index in [2.05, 4.69) is 15.8 Å². The second-order valence-corrected chi connectivity index (χ2v) is 5.18. The third-order valence-electron chi connectivity index (χ3n) is 3.32. The molecule has 0 atom stereocenters. The summed E-state index contributed by atoms with van der Waals surface area (Å²) in [5.74, 6) is 0.395. The Bertz CT molecular complexity index is 738. The number of anilines is 1. The Morgan fingerprint density at radius 2 is 1.72 bits per heavy atom. The van der Waals surface area contributed by atoms with Gasteiger partial charge in [0.25, 0.3) is 5.91 Å². The van der Waals surface area contributed by atoms with Crippen molar-refractivity contribution in [2.45, 2.75) is 20.3 Å². The molecule has 0 fully saturated rings. The van der Waals surface area contributed by atoms with Crippen molar-refractivity contribution in [2.75, 3.05) is 11.9 Å². The number of amides is 2. The normalized spacial score (nSPS) is 10.5. The summed E-state index contributed by atoms with van der Waals surface area (Å²) in [4.78, 5) is 23.3. The van der Waals surface area contributed by atoms with E-state index >= 15 is 0 Å². The standard InChI is InChI=1S/C19H21N3O3/c1-3-18(23)21-16-9-7-15(8-10-16)19(24)22-20-13-14-5-11-17(12-6-14)25-4-2/h5-13H,3-4H2,1-2H3,(H,21,23)(H,22,24). The molecule has 0 aliphatic heterocycles. The van der Waals surface area contributed by atoms with Crippen molar-refractivity contribution < 1.29 is 14.3 Å². The summed E-state index contributed by atoms with van der Waals surface area (Å²) in [5.41, 5.74) is 4.43. The first kappa shape index (κ1) is 18.2. The molecule has 0 spiro atoms. The van der Waals surface area contributed by atoms with Crippen LogP contribution in [0.4, 0.5) is 5.69 Å². The minimum absolute atomic E-state index is 0.0721.